The minimum Gasteiger partial charge on any atom is -0.481 e. The molecular formula is C11H9N3O4S2. The van der Waals surface area contributed by atoms with E-state index in [0.29, 0.717) is 15.6 Å². The molecule has 2 aromatic heterocycles. The number of hydrogen-bond donors (Lipinski definition) is 3. The zero-order chi connectivity index (χ0) is 14.9. The lowest BCUT2D eigenvalue weighted by molar-refractivity contribution is -0.136. The molecule has 0 bridgehead atoms. The second kappa shape index (κ2) is 5.47. The van der Waals surface area contributed by atoms with E-state index in [2.05, 4.69) is 9.97 Å². The van der Waals surface area contributed by atoms with Crippen molar-refractivity contribution in [1.82, 2.24) is 15.0 Å². The molecule has 0 aliphatic heterocycles. The minimum absolute atomic E-state index is 0.141. The second-order valence-corrected chi connectivity index (χ2v) is 5.42. The van der Waals surface area contributed by atoms with Crippen LogP contribution in [0.4, 0.5) is 0 Å². The Balaban J connectivity index is 2.41. The Morgan fingerprint density at radius 1 is 1.45 bits per heavy atom. The van der Waals surface area contributed by atoms with Crippen LogP contribution in [0.5, 0.6) is 0 Å². The fourth-order valence-corrected chi connectivity index (χ4v) is 2.82. The molecule has 0 amide bonds. The summed E-state index contributed by atoms with van der Waals surface area (Å²) in [6.07, 6.45) is -0.141. The zero-order valence-corrected chi connectivity index (χ0v) is 11.9. The van der Waals surface area contributed by atoms with Gasteiger partial charge in [-0.3, -0.25) is 14.6 Å². The van der Waals surface area contributed by atoms with Crippen molar-refractivity contribution in [2.45, 2.75) is 13.3 Å². The molecule has 2 heterocycles. The standard InChI is InChI=1S/C11H9N3O4S2/c1-4-6(3-8(16)17)20-10(12-4)9(19)5-2-7(15)14-11(18)13-5/h2H,3H2,1H3,(H,16,17)(H2,13,14,15,18). The molecule has 0 radical (unpaired) electrons. The molecule has 104 valence electrons. The number of thiazole rings is 1. The van der Waals surface area contributed by atoms with Crippen LogP contribution in [-0.4, -0.2) is 30.9 Å². The molecule has 0 fully saturated rings. The van der Waals surface area contributed by atoms with Gasteiger partial charge in [-0.25, -0.2) is 9.78 Å². The van der Waals surface area contributed by atoms with Crippen LogP contribution >= 0.6 is 23.6 Å². The number of carbonyl (C=O) groups is 1. The topological polar surface area (TPSA) is 116 Å². The molecule has 9 heteroatoms. The highest BCUT2D eigenvalue weighted by atomic mass is 32.1. The van der Waals surface area contributed by atoms with Gasteiger partial charge in [0.1, 0.15) is 5.01 Å². The number of hydrogen-bond acceptors (Lipinski definition) is 6. The number of aliphatic carboxylic acids is 1. The van der Waals surface area contributed by atoms with E-state index in [4.69, 9.17) is 17.3 Å². The smallest absolute Gasteiger partial charge is 0.326 e. The first-order chi connectivity index (χ1) is 9.36. The van der Waals surface area contributed by atoms with E-state index in [9.17, 15) is 14.4 Å². The maximum Gasteiger partial charge on any atom is 0.326 e. The lowest BCUT2D eigenvalue weighted by Crippen LogP contribution is -2.24. The molecule has 20 heavy (non-hydrogen) atoms. The van der Waals surface area contributed by atoms with Crippen molar-refractivity contribution in [2.75, 3.05) is 0 Å². The van der Waals surface area contributed by atoms with Gasteiger partial charge in [-0.1, -0.05) is 12.2 Å². The lowest BCUT2D eigenvalue weighted by Gasteiger charge is -1.98. The van der Waals surface area contributed by atoms with Gasteiger partial charge < -0.3 is 10.1 Å². The fourth-order valence-electron chi connectivity index (χ4n) is 1.53. The molecule has 3 N–H and O–H groups in total. The van der Waals surface area contributed by atoms with E-state index in [-0.39, 0.29) is 17.0 Å². The average molecular weight is 311 g/mol. The normalized spacial score (nSPS) is 10.4. The highest BCUT2D eigenvalue weighted by Gasteiger charge is 2.16. The molecular weight excluding hydrogens is 302 g/mol. The summed E-state index contributed by atoms with van der Waals surface area (Å²) in [7, 11) is 0. The van der Waals surface area contributed by atoms with Crippen molar-refractivity contribution in [3.8, 4) is 0 Å². The molecule has 2 aromatic rings. The van der Waals surface area contributed by atoms with Crippen LogP contribution in [0, 0.1) is 6.92 Å². The highest BCUT2D eigenvalue weighted by molar-refractivity contribution is 7.81. The van der Waals surface area contributed by atoms with Crippen molar-refractivity contribution in [3.05, 3.63) is 48.2 Å². The Morgan fingerprint density at radius 2 is 2.15 bits per heavy atom. The summed E-state index contributed by atoms with van der Waals surface area (Å²) >= 11 is 6.31. The van der Waals surface area contributed by atoms with Crippen molar-refractivity contribution >= 4 is 34.4 Å². The molecule has 2 rings (SSSR count). The van der Waals surface area contributed by atoms with Crippen LogP contribution in [0.25, 0.3) is 0 Å². The largest absolute Gasteiger partial charge is 0.481 e. The fraction of sp³-hybridized carbons (Fsp3) is 0.182. The van der Waals surface area contributed by atoms with Crippen molar-refractivity contribution in [3.63, 3.8) is 0 Å². The molecule has 0 saturated carbocycles. The Morgan fingerprint density at radius 3 is 2.75 bits per heavy atom. The quantitative estimate of drug-likeness (QED) is 0.549. The third kappa shape index (κ3) is 3.06. The predicted octanol–water partition coefficient (Wildman–Crippen LogP) is 0.222. The first kappa shape index (κ1) is 14.3. The molecule has 0 atom stereocenters. The van der Waals surface area contributed by atoms with E-state index in [1.807, 2.05) is 4.98 Å². The minimum atomic E-state index is -0.959. The third-order valence-electron chi connectivity index (χ3n) is 2.40. The Bertz CT molecular complexity index is 774. The predicted molar refractivity (Wildman–Crippen MR) is 76.7 cm³/mol. The zero-order valence-electron chi connectivity index (χ0n) is 10.2. The number of H-pyrrole nitrogens is 2. The summed E-state index contributed by atoms with van der Waals surface area (Å²) in [5, 5.41) is 9.18. The number of thiocarbonyl (C=S) groups is 1. The van der Waals surface area contributed by atoms with E-state index >= 15 is 0 Å². The van der Waals surface area contributed by atoms with Gasteiger partial charge in [0.05, 0.1) is 22.7 Å². The number of rotatable bonds is 4. The van der Waals surface area contributed by atoms with E-state index in [1.165, 1.54) is 0 Å². The SMILES string of the molecule is Cc1nc(C(=S)c2cc(=O)[nH]c(=O)[nH]2)sc1CC(=O)O. The molecule has 0 aliphatic carbocycles. The maximum atomic E-state index is 11.2. The Kier molecular flexibility index (Phi) is 3.91. The number of aryl methyl sites for hydroxylation is 1. The van der Waals surface area contributed by atoms with Gasteiger partial charge in [-0.15, -0.1) is 11.3 Å². The number of nitrogens with one attached hydrogen (secondary N) is 2. The monoisotopic (exact) mass is 311 g/mol. The van der Waals surface area contributed by atoms with Crippen LogP contribution in [-0.2, 0) is 11.2 Å². The number of nitrogens with zero attached hydrogens (tertiary/aromatic N) is 1. The van der Waals surface area contributed by atoms with Crippen LogP contribution in [0.1, 0.15) is 21.3 Å². The number of carboxylic acid groups (broad SMARTS) is 1. The van der Waals surface area contributed by atoms with Gasteiger partial charge in [0.15, 0.2) is 0 Å². The molecule has 0 aliphatic rings. The van der Waals surface area contributed by atoms with Crippen LogP contribution in [0.15, 0.2) is 15.7 Å². The third-order valence-corrected chi connectivity index (χ3v) is 4.12. The number of aromatic amines is 2. The van der Waals surface area contributed by atoms with Gasteiger partial charge in [-0.2, -0.15) is 0 Å². The van der Waals surface area contributed by atoms with E-state index in [0.717, 1.165) is 17.4 Å². The summed E-state index contributed by atoms with van der Waals surface area (Å²) in [6.45, 7) is 1.68. The Hall–Kier alpha value is -2.13. The van der Waals surface area contributed by atoms with Gasteiger partial charge >= 0.3 is 11.7 Å². The van der Waals surface area contributed by atoms with Crippen molar-refractivity contribution < 1.29 is 9.90 Å². The molecule has 0 aromatic carbocycles. The Labute approximate surface area is 121 Å². The summed E-state index contributed by atoms with van der Waals surface area (Å²) in [5.41, 5.74) is -0.467. The average Bonchev–Trinajstić information content (AvgIpc) is 2.68. The van der Waals surface area contributed by atoms with Crippen molar-refractivity contribution in [1.29, 1.82) is 0 Å². The second-order valence-electron chi connectivity index (χ2n) is 3.93. The van der Waals surface area contributed by atoms with Crippen LogP contribution < -0.4 is 11.2 Å². The van der Waals surface area contributed by atoms with Gasteiger partial charge in [0, 0.05) is 10.9 Å². The van der Waals surface area contributed by atoms with Gasteiger partial charge in [-0.05, 0) is 6.92 Å². The number of carboxylic acids is 1. The van der Waals surface area contributed by atoms with E-state index in [1.54, 1.807) is 6.92 Å². The molecule has 0 spiro atoms. The summed E-state index contributed by atoms with van der Waals surface area (Å²) in [5.74, 6) is -0.959. The van der Waals surface area contributed by atoms with Crippen molar-refractivity contribution in [2.24, 2.45) is 0 Å². The molecule has 0 unspecified atom stereocenters. The summed E-state index contributed by atoms with van der Waals surface area (Å²) in [4.78, 5) is 42.6. The molecule has 7 nitrogen and oxygen atoms in total. The molecule has 0 saturated heterocycles. The van der Waals surface area contributed by atoms with E-state index < -0.39 is 17.2 Å². The van der Waals surface area contributed by atoms with Gasteiger partial charge in [0.2, 0.25) is 0 Å². The van der Waals surface area contributed by atoms with Crippen LogP contribution in [0.3, 0.4) is 0 Å². The maximum absolute atomic E-state index is 11.2. The first-order valence-corrected chi connectivity index (χ1v) is 6.65. The highest BCUT2D eigenvalue weighted by Crippen LogP contribution is 2.21. The van der Waals surface area contributed by atoms with Crippen LogP contribution in [0.2, 0.25) is 0 Å². The lowest BCUT2D eigenvalue weighted by atomic mass is 10.3. The first-order valence-electron chi connectivity index (χ1n) is 5.43. The summed E-state index contributed by atoms with van der Waals surface area (Å²) < 4.78 is 0. The van der Waals surface area contributed by atoms with Gasteiger partial charge in [0.25, 0.3) is 5.56 Å². The number of aromatic nitrogens is 3. The summed E-state index contributed by atoms with van der Waals surface area (Å²) in [6, 6.07) is 1.16.